The van der Waals surface area contributed by atoms with E-state index in [1.807, 2.05) is 6.92 Å². The molecule has 2 unspecified atom stereocenters. The van der Waals surface area contributed by atoms with Gasteiger partial charge in [-0.1, -0.05) is 47.6 Å². The van der Waals surface area contributed by atoms with Gasteiger partial charge in [0.1, 0.15) is 0 Å². The van der Waals surface area contributed by atoms with Crippen LogP contribution in [0.2, 0.25) is 0 Å². The lowest BCUT2D eigenvalue weighted by atomic mass is 9.47. The quantitative estimate of drug-likeness (QED) is 0.202. The standard InChI is InChI=1S/C21H38O4/c1-8-19(4,5)16-21(13-12-20(21,6)7)18(22)25-17(3)24-15-11-10-14-23-9-2/h9,17H,2,8,10-16H2,1,3-7H3. The number of hydrogen-bond acceptors (Lipinski definition) is 4. The van der Waals surface area contributed by atoms with Crippen LogP contribution in [-0.4, -0.2) is 25.5 Å². The lowest BCUT2D eigenvalue weighted by Gasteiger charge is -2.56. The second-order valence-electron chi connectivity index (χ2n) is 8.75. The van der Waals surface area contributed by atoms with Crippen LogP contribution >= 0.6 is 0 Å². The van der Waals surface area contributed by atoms with Crippen molar-refractivity contribution in [2.45, 2.75) is 86.4 Å². The van der Waals surface area contributed by atoms with Crippen LogP contribution in [0.25, 0.3) is 0 Å². The summed E-state index contributed by atoms with van der Waals surface area (Å²) >= 11 is 0. The molecule has 0 bridgehead atoms. The average Bonchev–Trinajstić information content (AvgIpc) is 2.54. The van der Waals surface area contributed by atoms with E-state index in [1.54, 1.807) is 0 Å². The summed E-state index contributed by atoms with van der Waals surface area (Å²) in [6, 6.07) is 0. The Hall–Kier alpha value is -1.03. The molecule has 146 valence electrons. The second kappa shape index (κ2) is 9.07. The highest BCUT2D eigenvalue weighted by atomic mass is 16.7. The Morgan fingerprint density at radius 2 is 1.88 bits per heavy atom. The maximum absolute atomic E-state index is 13.0. The van der Waals surface area contributed by atoms with Crippen LogP contribution in [-0.2, 0) is 19.0 Å². The van der Waals surface area contributed by atoms with Crippen molar-refractivity contribution in [3.8, 4) is 0 Å². The number of carbonyl (C=O) groups excluding carboxylic acids is 1. The van der Waals surface area contributed by atoms with Gasteiger partial charge >= 0.3 is 5.97 Å². The monoisotopic (exact) mass is 354 g/mol. The predicted molar refractivity (Wildman–Crippen MR) is 101 cm³/mol. The van der Waals surface area contributed by atoms with Gasteiger partial charge in [-0.15, -0.1) is 0 Å². The van der Waals surface area contributed by atoms with Crippen LogP contribution in [0.15, 0.2) is 12.8 Å². The molecule has 0 heterocycles. The summed E-state index contributed by atoms with van der Waals surface area (Å²) in [5.74, 6) is -0.0900. The second-order valence-corrected chi connectivity index (χ2v) is 8.75. The van der Waals surface area contributed by atoms with E-state index in [0.717, 1.165) is 38.5 Å². The van der Waals surface area contributed by atoms with Gasteiger partial charge in [0.05, 0.1) is 24.9 Å². The predicted octanol–water partition coefficient (Wildman–Crippen LogP) is 5.47. The van der Waals surface area contributed by atoms with E-state index >= 15 is 0 Å². The Morgan fingerprint density at radius 1 is 1.24 bits per heavy atom. The molecule has 0 spiro atoms. The third-order valence-corrected chi connectivity index (χ3v) is 6.00. The minimum atomic E-state index is -0.508. The largest absolute Gasteiger partial charge is 0.502 e. The van der Waals surface area contributed by atoms with E-state index in [1.165, 1.54) is 6.26 Å². The molecule has 0 aromatic rings. The Morgan fingerprint density at radius 3 is 2.36 bits per heavy atom. The van der Waals surface area contributed by atoms with Crippen molar-refractivity contribution in [3.05, 3.63) is 12.8 Å². The minimum Gasteiger partial charge on any atom is -0.502 e. The molecule has 4 nitrogen and oxygen atoms in total. The maximum Gasteiger partial charge on any atom is 0.314 e. The zero-order valence-corrected chi connectivity index (χ0v) is 17.2. The Kier molecular flexibility index (Phi) is 7.98. The summed E-state index contributed by atoms with van der Waals surface area (Å²) < 4.78 is 16.4. The molecule has 25 heavy (non-hydrogen) atoms. The van der Waals surface area contributed by atoms with E-state index in [9.17, 15) is 4.79 Å². The van der Waals surface area contributed by atoms with Gasteiger partial charge in [0.25, 0.3) is 0 Å². The molecule has 4 heteroatoms. The maximum atomic E-state index is 13.0. The van der Waals surface area contributed by atoms with Crippen LogP contribution in [0.5, 0.6) is 0 Å². The first-order chi connectivity index (χ1) is 11.6. The topological polar surface area (TPSA) is 44.8 Å². The molecular formula is C21H38O4. The number of hydrogen-bond donors (Lipinski definition) is 0. The van der Waals surface area contributed by atoms with Gasteiger partial charge < -0.3 is 14.2 Å². The van der Waals surface area contributed by atoms with Crippen LogP contribution in [0, 0.1) is 16.2 Å². The first-order valence-corrected chi connectivity index (χ1v) is 9.65. The highest BCUT2D eigenvalue weighted by Gasteiger charge is 2.60. The molecule has 0 aromatic carbocycles. The van der Waals surface area contributed by atoms with Crippen LogP contribution < -0.4 is 0 Å². The summed E-state index contributed by atoms with van der Waals surface area (Å²) in [6.45, 7) is 17.6. The molecule has 1 saturated carbocycles. The van der Waals surface area contributed by atoms with Crippen molar-refractivity contribution >= 4 is 5.97 Å². The third kappa shape index (κ3) is 5.73. The summed E-state index contributed by atoms with van der Waals surface area (Å²) in [6.07, 6.45) is 6.61. The summed E-state index contributed by atoms with van der Waals surface area (Å²) in [5, 5.41) is 0. The van der Waals surface area contributed by atoms with Gasteiger partial charge in [-0.25, -0.2) is 0 Å². The zero-order chi connectivity index (χ0) is 19.1. The SMILES string of the molecule is C=COCCCCOC(C)OC(=O)C1(CC(C)(C)CC)CCC1(C)C. The number of unbranched alkanes of at least 4 members (excludes halogenated alkanes) is 1. The van der Waals surface area contributed by atoms with Gasteiger partial charge in [-0.3, -0.25) is 4.79 Å². The normalized spacial score (nSPS) is 23.4. The zero-order valence-electron chi connectivity index (χ0n) is 17.2. The smallest absolute Gasteiger partial charge is 0.314 e. The summed E-state index contributed by atoms with van der Waals surface area (Å²) in [5.41, 5.74) is -0.272. The Balaban J connectivity index is 2.55. The summed E-state index contributed by atoms with van der Waals surface area (Å²) in [7, 11) is 0. The van der Waals surface area contributed by atoms with E-state index < -0.39 is 6.29 Å². The molecular weight excluding hydrogens is 316 g/mol. The Labute approximate surface area is 154 Å². The highest BCUT2D eigenvalue weighted by molar-refractivity contribution is 5.79. The molecule has 0 aliphatic heterocycles. The number of esters is 1. The summed E-state index contributed by atoms with van der Waals surface area (Å²) in [4.78, 5) is 13.0. The first-order valence-electron chi connectivity index (χ1n) is 9.65. The van der Waals surface area contributed by atoms with Crippen LogP contribution in [0.1, 0.15) is 80.1 Å². The molecule has 1 rings (SSSR count). The fourth-order valence-corrected chi connectivity index (χ4v) is 3.56. The van der Waals surface area contributed by atoms with Gasteiger partial charge in [-0.2, -0.15) is 0 Å². The van der Waals surface area contributed by atoms with Gasteiger partial charge in [0.2, 0.25) is 0 Å². The Bertz CT molecular complexity index is 441. The fraction of sp³-hybridized carbons (Fsp3) is 0.857. The van der Waals surface area contributed by atoms with E-state index in [-0.39, 0.29) is 22.2 Å². The third-order valence-electron chi connectivity index (χ3n) is 6.00. The average molecular weight is 355 g/mol. The molecule has 0 amide bonds. The van der Waals surface area contributed by atoms with Crippen molar-refractivity contribution in [2.24, 2.45) is 16.2 Å². The highest BCUT2D eigenvalue weighted by Crippen LogP contribution is 2.62. The van der Waals surface area contributed by atoms with Crippen LogP contribution in [0.4, 0.5) is 0 Å². The lowest BCUT2D eigenvalue weighted by molar-refractivity contribution is -0.210. The van der Waals surface area contributed by atoms with Crippen LogP contribution in [0.3, 0.4) is 0 Å². The minimum absolute atomic E-state index is 0.0156. The van der Waals surface area contributed by atoms with Gasteiger partial charge in [0, 0.05) is 0 Å². The van der Waals surface area contributed by atoms with E-state index in [2.05, 4.69) is 41.2 Å². The molecule has 1 aliphatic carbocycles. The molecule has 1 aliphatic rings. The van der Waals surface area contributed by atoms with Gasteiger partial charge in [0.15, 0.2) is 6.29 Å². The van der Waals surface area contributed by atoms with Crippen molar-refractivity contribution in [1.29, 1.82) is 0 Å². The first kappa shape index (κ1) is 22.0. The molecule has 0 aromatic heterocycles. The molecule has 0 N–H and O–H groups in total. The van der Waals surface area contributed by atoms with Crippen molar-refractivity contribution < 1.29 is 19.0 Å². The van der Waals surface area contributed by atoms with Crippen molar-refractivity contribution in [2.75, 3.05) is 13.2 Å². The molecule has 0 radical (unpaired) electrons. The molecule has 1 fully saturated rings. The number of rotatable bonds is 12. The lowest BCUT2D eigenvalue weighted by Crippen LogP contribution is -2.56. The van der Waals surface area contributed by atoms with E-state index in [4.69, 9.17) is 14.2 Å². The van der Waals surface area contributed by atoms with Gasteiger partial charge in [-0.05, 0) is 49.9 Å². The molecule has 2 atom stereocenters. The van der Waals surface area contributed by atoms with Crippen molar-refractivity contribution in [3.63, 3.8) is 0 Å². The fourth-order valence-electron chi connectivity index (χ4n) is 3.56. The van der Waals surface area contributed by atoms with Crippen molar-refractivity contribution in [1.82, 2.24) is 0 Å². The number of carbonyl (C=O) groups is 1. The number of ether oxygens (including phenoxy) is 3. The van der Waals surface area contributed by atoms with E-state index in [0.29, 0.717) is 13.2 Å². The molecule has 0 saturated heterocycles.